The monoisotopic (exact) mass is 403 g/mol. The number of hydrogen-bond donors (Lipinski definition) is 2. The van der Waals surface area contributed by atoms with Crippen molar-refractivity contribution in [2.45, 2.75) is 18.9 Å². The maximum atomic E-state index is 12.3. The molecule has 1 saturated heterocycles. The van der Waals surface area contributed by atoms with Crippen molar-refractivity contribution in [3.63, 3.8) is 0 Å². The second-order valence-electron chi connectivity index (χ2n) is 7.38. The van der Waals surface area contributed by atoms with Crippen molar-refractivity contribution in [2.75, 3.05) is 19.6 Å². The third-order valence-corrected chi connectivity index (χ3v) is 5.22. The van der Waals surface area contributed by atoms with E-state index < -0.39 is 0 Å². The summed E-state index contributed by atoms with van der Waals surface area (Å²) in [5.74, 6) is 1.54. The smallest absolute Gasteiger partial charge is 0.273 e. The molecule has 0 bridgehead atoms. The molecule has 0 radical (unpaired) electrons. The standard InChI is InChI=1S/C21H21N7O2/c29-20(22-10-15-4-3-8-23-27-15)18-13-30-21(26-18)14-11-28(12-14)9-7-19-24-16-5-1-2-6-17(16)25-19/h1-6,8,13-14H,7,9-12H2,(H,22,29)(H,24,25). The zero-order valence-corrected chi connectivity index (χ0v) is 16.3. The molecule has 152 valence electrons. The molecule has 1 aliphatic rings. The summed E-state index contributed by atoms with van der Waals surface area (Å²) in [6.45, 7) is 2.94. The highest BCUT2D eigenvalue weighted by molar-refractivity contribution is 5.91. The number of H-pyrrole nitrogens is 1. The average Bonchev–Trinajstić information content (AvgIpc) is 3.38. The number of carbonyl (C=O) groups is 1. The number of nitrogens with zero attached hydrogens (tertiary/aromatic N) is 5. The fourth-order valence-corrected chi connectivity index (χ4v) is 3.57. The molecule has 0 unspecified atom stereocenters. The fraction of sp³-hybridized carbons (Fsp3) is 0.286. The molecule has 1 aliphatic heterocycles. The van der Waals surface area contributed by atoms with Gasteiger partial charge in [-0.3, -0.25) is 4.79 Å². The summed E-state index contributed by atoms with van der Waals surface area (Å²) < 4.78 is 5.55. The van der Waals surface area contributed by atoms with E-state index in [2.05, 4.69) is 35.4 Å². The number of para-hydroxylation sites is 2. The van der Waals surface area contributed by atoms with E-state index in [1.165, 1.54) is 6.26 Å². The number of rotatable bonds is 7. The lowest BCUT2D eigenvalue weighted by Crippen LogP contribution is -2.46. The van der Waals surface area contributed by atoms with E-state index in [-0.39, 0.29) is 17.5 Å². The zero-order valence-electron chi connectivity index (χ0n) is 16.3. The summed E-state index contributed by atoms with van der Waals surface area (Å²) in [7, 11) is 0. The number of oxazole rings is 1. The lowest BCUT2D eigenvalue weighted by atomic mass is 10.00. The Labute approximate surface area is 172 Å². The van der Waals surface area contributed by atoms with E-state index in [0.717, 1.165) is 42.9 Å². The highest BCUT2D eigenvalue weighted by Crippen LogP contribution is 2.26. The summed E-state index contributed by atoms with van der Waals surface area (Å²) in [5.41, 5.74) is 3.04. The number of nitrogens with one attached hydrogen (secondary N) is 2. The van der Waals surface area contributed by atoms with Gasteiger partial charge in [-0.15, -0.1) is 0 Å². The van der Waals surface area contributed by atoms with Crippen molar-refractivity contribution in [2.24, 2.45) is 0 Å². The number of aromatic nitrogens is 5. The Bertz CT molecular complexity index is 1120. The Morgan fingerprint density at radius 2 is 2.10 bits per heavy atom. The van der Waals surface area contributed by atoms with Crippen LogP contribution in [0.15, 0.2) is 53.3 Å². The lowest BCUT2D eigenvalue weighted by molar-refractivity contribution is 0.0945. The number of benzene rings is 1. The van der Waals surface area contributed by atoms with Gasteiger partial charge in [0, 0.05) is 32.3 Å². The molecule has 2 N–H and O–H groups in total. The van der Waals surface area contributed by atoms with Gasteiger partial charge >= 0.3 is 0 Å². The van der Waals surface area contributed by atoms with Crippen LogP contribution in [-0.4, -0.2) is 55.6 Å². The Morgan fingerprint density at radius 1 is 1.20 bits per heavy atom. The van der Waals surface area contributed by atoms with Crippen molar-refractivity contribution in [1.29, 1.82) is 0 Å². The van der Waals surface area contributed by atoms with Crippen LogP contribution in [0.25, 0.3) is 11.0 Å². The molecule has 3 aromatic heterocycles. The molecule has 0 atom stereocenters. The van der Waals surface area contributed by atoms with E-state index in [4.69, 9.17) is 4.42 Å². The van der Waals surface area contributed by atoms with E-state index in [0.29, 0.717) is 18.1 Å². The van der Waals surface area contributed by atoms with Crippen molar-refractivity contribution in [3.05, 3.63) is 72.0 Å². The molecular weight excluding hydrogens is 382 g/mol. The minimum absolute atomic E-state index is 0.210. The van der Waals surface area contributed by atoms with Crippen LogP contribution in [0.5, 0.6) is 0 Å². The van der Waals surface area contributed by atoms with Crippen molar-refractivity contribution in [1.82, 2.24) is 35.4 Å². The molecule has 4 heterocycles. The molecule has 9 nitrogen and oxygen atoms in total. The van der Waals surface area contributed by atoms with Crippen LogP contribution in [0.4, 0.5) is 0 Å². The molecule has 4 aromatic rings. The van der Waals surface area contributed by atoms with E-state index >= 15 is 0 Å². The fourth-order valence-electron chi connectivity index (χ4n) is 3.57. The Kier molecular flexibility index (Phi) is 4.94. The van der Waals surface area contributed by atoms with Gasteiger partial charge in [0.15, 0.2) is 11.6 Å². The Balaban J connectivity index is 1.09. The van der Waals surface area contributed by atoms with Crippen LogP contribution >= 0.6 is 0 Å². The molecule has 1 fully saturated rings. The van der Waals surface area contributed by atoms with Crippen LogP contribution in [0.3, 0.4) is 0 Å². The summed E-state index contributed by atoms with van der Waals surface area (Å²) >= 11 is 0. The van der Waals surface area contributed by atoms with Crippen molar-refractivity contribution >= 4 is 16.9 Å². The predicted molar refractivity (Wildman–Crippen MR) is 109 cm³/mol. The van der Waals surface area contributed by atoms with Gasteiger partial charge in [0.2, 0.25) is 0 Å². The molecule has 0 spiro atoms. The molecule has 9 heteroatoms. The summed E-state index contributed by atoms with van der Waals surface area (Å²) in [6.07, 6.45) is 3.87. The first-order chi connectivity index (χ1) is 14.7. The number of carbonyl (C=O) groups excluding carboxylic acids is 1. The summed E-state index contributed by atoms with van der Waals surface area (Å²) in [5, 5.41) is 10.5. The molecule has 0 saturated carbocycles. The number of aromatic amines is 1. The number of fused-ring (bicyclic) bond motifs is 1. The minimum atomic E-state index is -0.281. The van der Waals surface area contributed by atoms with Gasteiger partial charge in [-0.1, -0.05) is 12.1 Å². The average molecular weight is 403 g/mol. The highest BCUT2D eigenvalue weighted by Gasteiger charge is 2.32. The molecule has 1 aromatic carbocycles. The van der Waals surface area contributed by atoms with Crippen LogP contribution in [0, 0.1) is 0 Å². The van der Waals surface area contributed by atoms with Crippen LogP contribution < -0.4 is 5.32 Å². The normalized spacial score (nSPS) is 14.7. The number of imidazole rings is 1. The minimum Gasteiger partial charge on any atom is -0.448 e. The quantitative estimate of drug-likeness (QED) is 0.485. The molecule has 0 aliphatic carbocycles. The number of likely N-dealkylation sites (tertiary alicyclic amines) is 1. The van der Waals surface area contributed by atoms with Gasteiger partial charge < -0.3 is 19.6 Å². The zero-order chi connectivity index (χ0) is 20.3. The van der Waals surface area contributed by atoms with Gasteiger partial charge in [-0.05, 0) is 24.3 Å². The second kappa shape index (κ2) is 8.03. The molecular formula is C21H21N7O2. The van der Waals surface area contributed by atoms with Gasteiger partial charge in [-0.2, -0.15) is 10.2 Å². The topological polar surface area (TPSA) is 113 Å². The van der Waals surface area contributed by atoms with E-state index in [1.807, 2.05) is 24.3 Å². The predicted octanol–water partition coefficient (Wildman–Crippen LogP) is 1.91. The van der Waals surface area contributed by atoms with E-state index in [1.54, 1.807) is 18.3 Å². The van der Waals surface area contributed by atoms with Gasteiger partial charge in [-0.25, -0.2) is 9.97 Å². The second-order valence-corrected chi connectivity index (χ2v) is 7.38. The Hall–Kier alpha value is -3.59. The van der Waals surface area contributed by atoms with Crippen LogP contribution in [0.2, 0.25) is 0 Å². The Morgan fingerprint density at radius 3 is 2.93 bits per heavy atom. The number of amides is 1. The first-order valence-electron chi connectivity index (χ1n) is 9.91. The summed E-state index contributed by atoms with van der Waals surface area (Å²) in [4.78, 5) is 26.9. The first kappa shape index (κ1) is 18.4. The third kappa shape index (κ3) is 3.92. The SMILES string of the molecule is O=C(NCc1cccnn1)c1coc(C2CN(CCc3nc4ccccc4[nH]3)C2)n1. The maximum absolute atomic E-state index is 12.3. The van der Waals surface area contributed by atoms with Crippen LogP contribution in [-0.2, 0) is 13.0 Å². The van der Waals surface area contributed by atoms with E-state index in [9.17, 15) is 4.79 Å². The van der Waals surface area contributed by atoms with Gasteiger partial charge in [0.05, 0.1) is 29.2 Å². The number of hydrogen-bond acceptors (Lipinski definition) is 7. The third-order valence-electron chi connectivity index (χ3n) is 5.22. The van der Waals surface area contributed by atoms with Gasteiger partial charge in [0.25, 0.3) is 5.91 Å². The van der Waals surface area contributed by atoms with Crippen LogP contribution in [0.1, 0.15) is 33.8 Å². The van der Waals surface area contributed by atoms with Crippen molar-refractivity contribution in [3.8, 4) is 0 Å². The first-order valence-corrected chi connectivity index (χ1v) is 9.91. The maximum Gasteiger partial charge on any atom is 0.273 e. The summed E-state index contributed by atoms with van der Waals surface area (Å²) in [6, 6.07) is 11.6. The highest BCUT2D eigenvalue weighted by atomic mass is 16.3. The van der Waals surface area contributed by atoms with Crippen molar-refractivity contribution < 1.29 is 9.21 Å². The molecule has 5 rings (SSSR count). The molecule has 30 heavy (non-hydrogen) atoms. The van der Waals surface area contributed by atoms with Gasteiger partial charge in [0.1, 0.15) is 12.1 Å². The lowest BCUT2D eigenvalue weighted by Gasteiger charge is -2.37. The molecule has 1 amide bonds. The largest absolute Gasteiger partial charge is 0.448 e.